The smallest absolute Gasteiger partial charge is 0.255 e. The first-order chi connectivity index (χ1) is 15.0. The number of nitrogens with zero attached hydrogens (tertiary/aromatic N) is 1. The van der Waals surface area contributed by atoms with Gasteiger partial charge in [0, 0.05) is 17.5 Å². The SMILES string of the molecule is C[C@@H](Oc1cccc2c1CN(C1CCC(=O)NC1=O)C2=O)c1ccc2ccccc2c1. The van der Waals surface area contributed by atoms with Crippen LogP contribution in [-0.2, 0) is 16.1 Å². The molecule has 1 saturated heterocycles. The van der Waals surface area contributed by atoms with E-state index in [-0.39, 0.29) is 24.3 Å². The molecule has 3 aromatic carbocycles. The van der Waals surface area contributed by atoms with E-state index in [1.807, 2.05) is 25.1 Å². The highest BCUT2D eigenvalue weighted by molar-refractivity contribution is 6.05. The summed E-state index contributed by atoms with van der Waals surface area (Å²) in [7, 11) is 0. The first-order valence-electron chi connectivity index (χ1n) is 10.4. The Morgan fingerprint density at radius 2 is 1.81 bits per heavy atom. The van der Waals surface area contributed by atoms with Crippen LogP contribution < -0.4 is 10.1 Å². The van der Waals surface area contributed by atoms with Crippen molar-refractivity contribution in [2.45, 2.75) is 38.5 Å². The van der Waals surface area contributed by atoms with Gasteiger partial charge in [0.1, 0.15) is 17.9 Å². The second-order valence-electron chi connectivity index (χ2n) is 8.05. The molecule has 156 valence electrons. The zero-order valence-corrected chi connectivity index (χ0v) is 17.1. The van der Waals surface area contributed by atoms with Gasteiger partial charge in [0.15, 0.2) is 0 Å². The summed E-state index contributed by atoms with van der Waals surface area (Å²) >= 11 is 0. The standard InChI is InChI=1S/C25H22N2O4/c1-15(17-10-9-16-5-2-3-6-18(16)13-17)31-22-8-4-7-19-20(22)14-27(25(19)30)21-11-12-23(28)26-24(21)29/h2-10,13,15,21H,11-12,14H2,1H3,(H,26,28,29)/t15-,21?/m1/s1. The quantitative estimate of drug-likeness (QED) is 0.660. The molecule has 5 rings (SSSR count). The van der Waals surface area contributed by atoms with Crippen LogP contribution in [0.1, 0.15) is 47.4 Å². The molecule has 3 amide bonds. The number of carbonyl (C=O) groups excluding carboxylic acids is 3. The number of amides is 3. The van der Waals surface area contributed by atoms with Gasteiger partial charge < -0.3 is 9.64 Å². The lowest BCUT2D eigenvalue weighted by Crippen LogP contribution is -2.52. The van der Waals surface area contributed by atoms with Gasteiger partial charge in [-0.1, -0.05) is 42.5 Å². The number of ether oxygens (including phenoxy) is 1. The van der Waals surface area contributed by atoms with E-state index in [0.717, 1.165) is 16.5 Å². The second kappa shape index (κ2) is 7.54. The first kappa shape index (κ1) is 19.3. The molecule has 0 bridgehead atoms. The lowest BCUT2D eigenvalue weighted by Gasteiger charge is -2.29. The van der Waals surface area contributed by atoms with Crippen molar-refractivity contribution in [3.05, 3.63) is 77.4 Å². The minimum absolute atomic E-state index is 0.201. The summed E-state index contributed by atoms with van der Waals surface area (Å²) in [6.07, 6.45) is 0.364. The number of benzene rings is 3. The van der Waals surface area contributed by atoms with Crippen molar-refractivity contribution in [3.8, 4) is 5.75 Å². The van der Waals surface area contributed by atoms with E-state index in [0.29, 0.717) is 24.3 Å². The monoisotopic (exact) mass is 414 g/mol. The van der Waals surface area contributed by atoms with Crippen molar-refractivity contribution in [2.24, 2.45) is 0 Å². The Labute approximate surface area is 179 Å². The van der Waals surface area contributed by atoms with Crippen molar-refractivity contribution in [2.75, 3.05) is 0 Å². The molecule has 0 aromatic heterocycles. The topological polar surface area (TPSA) is 75.7 Å². The average Bonchev–Trinajstić information content (AvgIpc) is 3.11. The summed E-state index contributed by atoms with van der Waals surface area (Å²) in [5.74, 6) is -0.266. The van der Waals surface area contributed by atoms with Crippen LogP contribution in [0.2, 0.25) is 0 Å². The van der Waals surface area contributed by atoms with Gasteiger partial charge in [-0.3, -0.25) is 19.7 Å². The highest BCUT2D eigenvalue weighted by atomic mass is 16.5. The van der Waals surface area contributed by atoms with Crippen LogP contribution >= 0.6 is 0 Å². The van der Waals surface area contributed by atoms with Crippen molar-refractivity contribution < 1.29 is 19.1 Å². The van der Waals surface area contributed by atoms with E-state index >= 15 is 0 Å². The number of nitrogens with one attached hydrogen (secondary N) is 1. The fraction of sp³-hybridized carbons (Fsp3) is 0.240. The zero-order chi connectivity index (χ0) is 21.5. The number of imide groups is 1. The van der Waals surface area contributed by atoms with Crippen molar-refractivity contribution in [1.29, 1.82) is 0 Å². The molecule has 0 spiro atoms. The molecule has 2 aliphatic rings. The zero-order valence-electron chi connectivity index (χ0n) is 17.1. The number of fused-ring (bicyclic) bond motifs is 2. The van der Waals surface area contributed by atoms with E-state index in [4.69, 9.17) is 4.74 Å². The van der Waals surface area contributed by atoms with E-state index in [1.165, 1.54) is 5.39 Å². The Morgan fingerprint density at radius 1 is 1.00 bits per heavy atom. The third kappa shape index (κ3) is 3.44. The molecular weight excluding hydrogens is 392 g/mol. The van der Waals surface area contributed by atoms with Crippen LogP contribution in [0.25, 0.3) is 10.8 Å². The number of piperidine rings is 1. The van der Waals surface area contributed by atoms with Crippen LogP contribution in [0.5, 0.6) is 5.75 Å². The molecule has 1 N–H and O–H groups in total. The Kier molecular flexibility index (Phi) is 4.70. The minimum Gasteiger partial charge on any atom is -0.486 e. The molecule has 2 aliphatic heterocycles. The predicted molar refractivity (Wildman–Crippen MR) is 115 cm³/mol. The second-order valence-corrected chi connectivity index (χ2v) is 8.05. The van der Waals surface area contributed by atoms with Crippen molar-refractivity contribution >= 4 is 28.5 Å². The molecule has 6 heteroatoms. The van der Waals surface area contributed by atoms with Crippen molar-refractivity contribution in [1.82, 2.24) is 10.2 Å². The maximum absolute atomic E-state index is 13.0. The van der Waals surface area contributed by atoms with E-state index in [9.17, 15) is 14.4 Å². The maximum Gasteiger partial charge on any atom is 0.255 e. The van der Waals surface area contributed by atoms with Gasteiger partial charge in [0.2, 0.25) is 11.8 Å². The molecule has 3 aromatic rings. The van der Waals surface area contributed by atoms with E-state index in [1.54, 1.807) is 17.0 Å². The predicted octanol–water partition coefficient (Wildman–Crippen LogP) is 3.74. The van der Waals surface area contributed by atoms with E-state index in [2.05, 4.69) is 35.6 Å². The van der Waals surface area contributed by atoms with Gasteiger partial charge in [-0.25, -0.2) is 0 Å². The molecule has 2 heterocycles. The van der Waals surface area contributed by atoms with Crippen LogP contribution in [0.15, 0.2) is 60.7 Å². The van der Waals surface area contributed by atoms with Gasteiger partial charge in [0.05, 0.1) is 6.54 Å². The summed E-state index contributed by atoms with van der Waals surface area (Å²) in [5.41, 5.74) is 2.38. The summed E-state index contributed by atoms with van der Waals surface area (Å²) < 4.78 is 6.29. The lowest BCUT2D eigenvalue weighted by atomic mass is 10.0. The van der Waals surface area contributed by atoms with Gasteiger partial charge in [-0.15, -0.1) is 0 Å². The van der Waals surface area contributed by atoms with Gasteiger partial charge >= 0.3 is 0 Å². The molecule has 1 unspecified atom stereocenters. The van der Waals surface area contributed by atoms with Crippen LogP contribution in [0, 0.1) is 0 Å². The van der Waals surface area contributed by atoms with Crippen LogP contribution in [0.3, 0.4) is 0 Å². The van der Waals surface area contributed by atoms with Crippen LogP contribution in [-0.4, -0.2) is 28.7 Å². The summed E-state index contributed by atoms with van der Waals surface area (Å²) in [6.45, 7) is 2.28. The third-order valence-corrected chi connectivity index (χ3v) is 6.09. The van der Waals surface area contributed by atoms with Gasteiger partial charge in [-0.05, 0) is 47.9 Å². The largest absolute Gasteiger partial charge is 0.486 e. The maximum atomic E-state index is 13.0. The highest BCUT2D eigenvalue weighted by Gasteiger charge is 2.40. The van der Waals surface area contributed by atoms with Gasteiger partial charge in [-0.2, -0.15) is 0 Å². The molecule has 0 saturated carbocycles. The molecule has 2 atom stereocenters. The van der Waals surface area contributed by atoms with Gasteiger partial charge in [0.25, 0.3) is 5.91 Å². The number of hydrogen-bond donors (Lipinski definition) is 1. The third-order valence-electron chi connectivity index (χ3n) is 6.09. The fourth-order valence-electron chi connectivity index (χ4n) is 4.39. The molecule has 0 aliphatic carbocycles. The summed E-state index contributed by atoms with van der Waals surface area (Å²) in [4.78, 5) is 38.3. The first-order valence-corrected chi connectivity index (χ1v) is 10.4. The Hall–Kier alpha value is -3.67. The van der Waals surface area contributed by atoms with Crippen LogP contribution in [0.4, 0.5) is 0 Å². The minimum atomic E-state index is -0.636. The van der Waals surface area contributed by atoms with Crippen molar-refractivity contribution in [3.63, 3.8) is 0 Å². The van der Waals surface area contributed by atoms with E-state index < -0.39 is 11.9 Å². The number of carbonyl (C=O) groups is 3. The molecule has 31 heavy (non-hydrogen) atoms. The molecule has 0 radical (unpaired) electrons. The normalized spacial score (nSPS) is 19.3. The summed E-state index contributed by atoms with van der Waals surface area (Å²) in [5, 5.41) is 4.65. The lowest BCUT2D eigenvalue weighted by molar-refractivity contribution is -0.136. The Balaban J connectivity index is 1.40. The average molecular weight is 414 g/mol. The summed E-state index contributed by atoms with van der Waals surface area (Å²) in [6, 6.07) is 19.2. The molecule has 6 nitrogen and oxygen atoms in total. The highest BCUT2D eigenvalue weighted by Crippen LogP contribution is 2.35. The Bertz CT molecular complexity index is 1220. The fourth-order valence-corrected chi connectivity index (χ4v) is 4.39. The molecular formula is C25H22N2O4. The number of hydrogen-bond acceptors (Lipinski definition) is 4. The molecule has 1 fully saturated rings. The number of rotatable bonds is 4. The Morgan fingerprint density at radius 3 is 2.61 bits per heavy atom.